The number of alkyl carbamates (subject to hydrolysis) is 1. The number of ether oxygens (including phenoxy) is 1. The van der Waals surface area contributed by atoms with Crippen molar-refractivity contribution in [3.8, 4) is 0 Å². The smallest absolute Gasteiger partial charge is 0.408 e. The molecule has 1 aromatic rings. The molecule has 1 atom stereocenters. The molecule has 1 amide bonds. The Morgan fingerprint density at radius 1 is 1.65 bits per heavy atom. The predicted molar refractivity (Wildman–Crippen MR) is 65.9 cm³/mol. The molecule has 2 N–H and O–H groups in total. The van der Waals surface area contributed by atoms with Crippen LogP contribution in [-0.4, -0.2) is 28.4 Å². The third-order valence-electron chi connectivity index (χ3n) is 1.86. The lowest BCUT2D eigenvalue weighted by Crippen LogP contribution is -2.35. The summed E-state index contributed by atoms with van der Waals surface area (Å²) in [7, 11) is 0. The molecule has 0 saturated heterocycles. The average Bonchev–Trinajstić information content (AvgIpc) is 2.66. The molecular weight excluding hydrogens is 240 g/mol. The summed E-state index contributed by atoms with van der Waals surface area (Å²) in [5.74, 6) is 0. The van der Waals surface area contributed by atoms with E-state index in [4.69, 9.17) is 9.84 Å². The van der Waals surface area contributed by atoms with Gasteiger partial charge in [-0.15, -0.1) is 11.3 Å². The van der Waals surface area contributed by atoms with E-state index in [0.29, 0.717) is 6.42 Å². The van der Waals surface area contributed by atoms with Gasteiger partial charge in [-0.2, -0.15) is 0 Å². The molecule has 1 aromatic heterocycles. The zero-order chi connectivity index (χ0) is 12.9. The van der Waals surface area contributed by atoms with Crippen molar-refractivity contribution < 1.29 is 14.6 Å². The van der Waals surface area contributed by atoms with Crippen molar-refractivity contribution >= 4 is 17.4 Å². The number of aliphatic hydroxyl groups excluding tert-OH is 1. The highest BCUT2D eigenvalue weighted by molar-refractivity contribution is 7.09. The highest BCUT2D eigenvalue weighted by atomic mass is 32.1. The molecule has 0 aliphatic rings. The Kier molecular flexibility index (Phi) is 4.89. The van der Waals surface area contributed by atoms with Crippen LogP contribution in [0.1, 0.15) is 38.2 Å². The molecule has 96 valence electrons. The summed E-state index contributed by atoms with van der Waals surface area (Å²) in [6, 6.07) is -0.296. The van der Waals surface area contributed by atoms with Crippen LogP contribution in [0.5, 0.6) is 0 Å². The Hall–Kier alpha value is -1.14. The molecule has 0 saturated carbocycles. The molecule has 1 rings (SSSR count). The SMILES string of the molecule is CC(C)(C)OC(=O)N[C@H](CCO)c1nccs1. The molecule has 0 unspecified atom stereocenters. The molecule has 1 heterocycles. The molecule has 0 aliphatic carbocycles. The number of hydrogen-bond acceptors (Lipinski definition) is 5. The maximum absolute atomic E-state index is 11.6. The van der Waals surface area contributed by atoms with Gasteiger partial charge < -0.3 is 15.2 Å². The van der Waals surface area contributed by atoms with Crippen molar-refractivity contribution in [2.45, 2.75) is 38.8 Å². The zero-order valence-electron chi connectivity index (χ0n) is 10.3. The Balaban J connectivity index is 2.59. The first-order chi connectivity index (χ1) is 7.92. The number of hydrogen-bond donors (Lipinski definition) is 2. The number of thiazole rings is 1. The van der Waals surface area contributed by atoms with Crippen molar-refractivity contribution in [2.24, 2.45) is 0 Å². The summed E-state index contributed by atoms with van der Waals surface area (Å²) in [6.45, 7) is 5.39. The highest BCUT2D eigenvalue weighted by Crippen LogP contribution is 2.19. The van der Waals surface area contributed by atoms with E-state index in [2.05, 4.69) is 10.3 Å². The van der Waals surface area contributed by atoms with Crippen LogP contribution in [0.15, 0.2) is 11.6 Å². The lowest BCUT2D eigenvalue weighted by atomic mass is 10.2. The summed E-state index contributed by atoms with van der Waals surface area (Å²) in [6.07, 6.45) is 1.60. The molecule has 0 aliphatic heterocycles. The molecule has 0 spiro atoms. The quantitative estimate of drug-likeness (QED) is 0.867. The van der Waals surface area contributed by atoms with E-state index < -0.39 is 11.7 Å². The lowest BCUT2D eigenvalue weighted by Gasteiger charge is -2.22. The minimum Gasteiger partial charge on any atom is -0.444 e. The fourth-order valence-electron chi connectivity index (χ4n) is 1.24. The summed E-state index contributed by atoms with van der Waals surface area (Å²) in [4.78, 5) is 15.7. The van der Waals surface area contributed by atoms with Crippen molar-refractivity contribution in [3.05, 3.63) is 16.6 Å². The van der Waals surface area contributed by atoms with Crippen LogP contribution in [0.25, 0.3) is 0 Å². The molecule has 0 bridgehead atoms. The minimum absolute atomic E-state index is 0.0138. The topological polar surface area (TPSA) is 71.5 Å². The highest BCUT2D eigenvalue weighted by Gasteiger charge is 2.21. The van der Waals surface area contributed by atoms with Crippen LogP contribution in [0.3, 0.4) is 0 Å². The minimum atomic E-state index is -0.531. The van der Waals surface area contributed by atoms with Crippen molar-refractivity contribution in [1.82, 2.24) is 10.3 Å². The van der Waals surface area contributed by atoms with Gasteiger partial charge in [0.25, 0.3) is 0 Å². The molecule has 17 heavy (non-hydrogen) atoms. The van der Waals surface area contributed by atoms with Gasteiger partial charge >= 0.3 is 6.09 Å². The van der Waals surface area contributed by atoms with E-state index in [1.54, 1.807) is 27.0 Å². The van der Waals surface area contributed by atoms with E-state index in [-0.39, 0.29) is 12.6 Å². The van der Waals surface area contributed by atoms with Gasteiger partial charge in [-0.1, -0.05) is 0 Å². The summed E-state index contributed by atoms with van der Waals surface area (Å²) >= 11 is 1.44. The second kappa shape index (κ2) is 5.97. The first-order valence-corrected chi connectivity index (χ1v) is 6.30. The van der Waals surface area contributed by atoms with Gasteiger partial charge in [-0.05, 0) is 27.2 Å². The predicted octanol–water partition coefficient (Wildman–Crippen LogP) is 2.09. The van der Waals surface area contributed by atoms with Crippen LogP contribution in [-0.2, 0) is 4.74 Å². The Morgan fingerprint density at radius 2 is 2.35 bits per heavy atom. The first-order valence-electron chi connectivity index (χ1n) is 5.42. The van der Waals surface area contributed by atoms with Gasteiger partial charge in [-0.3, -0.25) is 0 Å². The molecule has 0 radical (unpaired) electrons. The maximum Gasteiger partial charge on any atom is 0.408 e. The average molecular weight is 258 g/mol. The molecule has 6 heteroatoms. The second-order valence-electron chi connectivity index (χ2n) is 4.58. The zero-order valence-corrected chi connectivity index (χ0v) is 11.1. The first kappa shape index (κ1) is 13.9. The number of nitrogens with one attached hydrogen (secondary N) is 1. The summed E-state index contributed by atoms with van der Waals surface area (Å²) in [5, 5.41) is 14.3. The Labute approximate surface area is 105 Å². The van der Waals surface area contributed by atoms with E-state index in [1.807, 2.05) is 5.38 Å². The van der Waals surface area contributed by atoms with E-state index in [9.17, 15) is 4.79 Å². The molecule has 0 fully saturated rings. The third-order valence-corrected chi connectivity index (χ3v) is 2.75. The summed E-state index contributed by atoms with van der Waals surface area (Å²) in [5.41, 5.74) is -0.531. The van der Waals surface area contributed by atoms with Crippen molar-refractivity contribution in [2.75, 3.05) is 6.61 Å². The van der Waals surface area contributed by atoms with Crippen molar-refractivity contribution in [1.29, 1.82) is 0 Å². The number of aromatic nitrogens is 1. The van der Waals surface area contributed by atoms with Crippen LogP contribution in [0, 0.1) is 0 Å². The lowest BCUT2D eigenvalue weighted by molar-refractivity contribution is 0.0496. The number of rotatable bonds is 4. The van der Waals surface area contributed by atoms with Gasteiger partial charge in [0, 0.05) is 18.2 Å². The third kappa shape index (κ3) is 5.14. The number of carbonyl (C=O) groups is 1. The normalized spacial score (nSPS) is 13.2. The van der Waals surface area contributed by atoms with Crippen LogP contribution in [0.4, 0.5) is 4.79 Å². The summed E-state index contributed by atoms with van der Waals surface area (Å²) < 4.78 is 5.16. The molecular formula is C11H18N2O3S. The molecule has 0 aromatic carbocycles. The van der Waals surface area contributed by atoms with Gasteiger partial charge in [0.1, 0.15) is 10.6 Å². The standard InChI is InChI=1S/C11H18N2O3S/c1-11(2,3)16-10(15)13-8(4-6-14)9-12-5-7-17-9/h5,7-8,14H,4,6H2,1-3H3,(H,13,15)/t8-/m1/s1. The van der Waals surface area contributed by atoms with Gasteiger partial charge in [-0.25, -0.2) is 9.78 Å². The number of carbonyl (C=O) groups excluding carboxylic acids is 1. The molecule has 5 nitrogen and oxygen atoms in total. The van der Waals surface area contributed by atoms with E-state index in [1.165, 1.54) is 11.3 Å². The number of nitrogens with zero attached hydrogens (tertiary/aromatic N) is 1. The largest absolute Gasteiger partial charge is 0.444 e. The van der Waals surface area contributed by atoms with Crippen LogP contribution < -0.4 is 5.32 Å². The monoisotopic (exact) mass is 258 g/mol. The second-order valence-corrected chi connectivity index (χ2v) is 5.51. The van der Waals surface area contributed by atoms with Crippen LogP contribution in [0.2, 0.25) is 0 Å². The fraction of sp³-hybridized carbons (Fsp3) is 0.636. The maximum atomic E-state index is 11.6. The van der Waals surface area contributed by atoms with Gasteiger partial charge in [0.05, 0.1) is 6.04 Å². The van der Waals surface area contributed by atoms with Gasteiger partial charge in [0.2, 0.25) is 0 Å². The van der Waals surface area contributed by atoms with Crippen LogP contribution >= 0.6 is 11.3 Å². The van der Waals surface area contributed by atoms with Crippen molar-refractivity contribution in [3.63, 3.8) is 0 Å². The van der Waals surface area contributed by atoms with Gasteiger partial charge in [0.15, 0.2) is 0 Å². The fourth-order valence-corrected chi connectivity index (χ4v) is 1.97. The number of amides is 1. The van der Waals surface area contributed by atoms with E-state index in [0.717, 1.165) is 5.01 Å². The van der Waals surface area contributed by atoms with E-state index >= 15 is 0 Å². The Bertz CT molecular complexity index is 346. The number of aliphatic hydroxyl groups is 1. The Morgan fingerprint density at radius 3 is 2.82 bits per heavy atom.